The lowest BCUT2D eigenvalue weighted by Gasteiger charge is -2.28. The number of alkyl halides is 3. The molecule has 0 aliphatic heterocycles. The minimum Gasteiger partial charge on any atom is -0.479 e. The van der Waals surface area contributed by atoms with Crippen LogP contribution >= 0.6 is 0 Å². The van der Waals surface area contributed by atoms with Crippen molar-refractivity contribution < 1.29 is 27.9 Å². The molecule has 1 atom stereocenters. The summed E-state index contributed by atoms with van der Waals surface area (Å²) in [6.07, 6.45) is -5.22. The van der Waals surface area contributed by atoms with Gasteiger partial charge in [0, 0.05) is 5.69 Å². The topological polar surface area (TPSA) is 99.3 Å². The van der Waals surface area contributed by atoms with Crippen molar-refractivity contribution in [2.45, 2.75) is 32.5 Å². The summed E-state index contributed by atoms with van der Waals surface area (Å²) in [6.45, 7) is 3.21. The number of halogens is 3. The van der Waals surface area contributed by atoms with Crippen molar-refractivity contribution in [1.29, 1.82) is 0 Å². The average Bonchev–Trinajstić information content (AvgIpc) is 2.24. The monoisotopic (exact) mass is 306 g/mol. The third-order valence-corrected chi connectivity index (χ3v) is 2.95. The molecule has 0 saturated carbocycles. The standard InChI is InChI=1S/C12H13F3N2O4/c1-5-4-6(2)16-8(18)7(5)9(19)17-11(3,10(20)21)12(13,14)15/h4H,1-3H3,(H,16,18)(H,17,19)(H,20,21). The summed E-state index contributed by atoms with van der Waals surface area (Å²) in [5.74, 6) is -3.68. The quantitative estimate of drug-likeness (QED) is 0.779. The number of pyridine rings is 1. The Labute approximate surface area is 117 Å². The van der Waals surface area contributed by atoms with Gasteiger partial charge in [0.15, 0.2) is 0 Å². The van der Waals surface area contributed by atoms with Gasteiger partial charge in [-0.3, -0.25) is 9.59 Å². The molecule has 0 bridgehead atoms. The van der Waals surface area contributed by atoms with E-state index in [0.29, 0.717) is 12.6 Å². The number of carbonyl (C=O) groups excluding carboxylic acids is 1. The first-order valence-electron chi connectivity index (χ1n) is 5.73. The van der Waals surface area contributed by atoms with Gasteiger partial charge in [0.2, 0.25) is 5.54 Å². The van der Waals surface area contributed by atoms with Crippen molar-refractivity contribution >= 4 is 11.9 Å². The molecule has 0 radical (unpaired) electrons. The number of rotatable bonds is 3. The molecule has 0 saturated heterocycles. The summed E-state index contributed by atoms with van der Waals surface area (Å²) >= 11 is 0. The fourth-order valence-electron chi connectivity index (χ4n) is 1.67. The summed E-state index contributed by atoms with van der Waals surface area (Å²) in [6, 6.07) is 1.39. The van der Waals surface area contributed by atoms with Crippen LogP contribution in [-0.2, 0) is 4.79 Å². The van der Waals surface area contributed by atoms with E-state index in [1.807, 2.05) is 0 Å². The Bertz CT molecular complexity index is 651. The zero-order valence-corrected chi connectivity index (χ0v) is 11.4. The molecule has 0 aromatic carbocycles. The number of aliphatic carboxylic acids is 1. The number of H-pyrrole nitrogens is 1. The van der Waals surface area contributed by atoms with Crippen molar-refractivity contribution in [1.82, 2.24) is 10.3 Å². The van der Waals surface area contributed by atoms with Gasteiger partial charge in [0.25, 0.3) is 11.5 Å². The lowest BCUT2D eigenvalue weighted by Crippen LogP contribution is -2.62. The van der Waals surface area contributed by atoms with Gasteiger partial charge in [0.05, 0.1) is 0 Å². The van der Waals surface area contributed by atoms with Crippen LogP contribution in [0.3, 0.4) is 0 Å². The molecule has 1 rings (SSSR count). The lowest BCUT2D eigenvalue weighted by molar-refractivity contribution is -0.203. The van der Waals surface area contributed by atoms with Crippen LogP contribution in [0.1, 0.15) is 28.5 Å². The number of amides is 1. The molecular formula is C12H13F3N2O4. The molecule has 9 heteroatoms. The van der Waals surface area contributed by atoms with Crippen LogP contribution in [0.5, 0.6) is 0 Å². The second-order valence-electron chi connectivity index (χ2n) is 4.72. The second kappa shape index (κ2) is 5.23. The lowest BCUT2D eigenvalue weighted by atomic mass is 10.0. The van der Waals surface area contributed by atoms with Gasteiger partial charge in [0.1, 0.15) is 5.56 Å². The Morgan fingerprint density at radius 2 is 1.81 bits per heavy atom. The number of carboxylic acid groups (broad SMARTS) is 1. The van der Waals surface area contributed by atoms with Crippen LogP contribution in [0.25, 0.3) is 0 Å². The van der Waals surface area contributed by atoms with E-state index in [1.54, 1.807) is 0 Å². The molecule has 1 heterocycles. The smallest absolute Gasteiger partial charge is 0.422 e. The van der Waals surface area contributed by atoms with E-state index in [9.17, 15) is 27.6 Å². The van der Waals surface area contributed by atoms with Crippen LogP contribution < -0.4 is 10.9 Å². The van der Waals surface area contributed by atoms with Gasteiger partial charge < -0.3 is 15.4 Å². The van der Waals surface area contributed by atoms with Gasteiger partial charge in [-0.15, -0.1) is 0 Å². The Hall–Kier alpha value is -2.32. The van der Waals surface area contributed by atoms with Gasteiger partial charge in [-0.1, -0.05) is 0 Å². The largest absolute Gasteiger partial charge is 0.479 e. The maximum absolute atomic E-state index is 12.8. The van der Waals surface area contributed by atoms with E-state index in [2.05, 4.69) is 4.98 Å². The molecule has 1 unspecified atom stereocenters. The summed E-state index contributed by atoms with van der Waals surface area (Å²) in [5.41, 5.74) is -4.37. The van der Waals surface area contributed by atoms with Gasteiger partial charge >= 0.3 is 12.1 Å². The molecule has 1 aromatic heterocycles. The minimum atomic E-state index is -5.22. The number of carboxylic acids is 1. The Morgan fingerprint density at radius 3 is 2.19 bits per heavy atom. The first-order valence-corrected chi connectivity index (χ1v) is 5.73. The van der Waals surface area contributed by atoms with Crippen molar-refractivity contribution in [3.8, 4) is 0 Å². The zero-order valence-electron chi connectivity index (χ0n) is 11.4. The summed E-state index contributed by atoms with van der Waals surface area (Å²) in [5, 5.41) is 10.1. The number of hydrogen-bond donors (Lipinski definition) is 3. The molecule has 1 amide bonds. The molecule has 21 heavy (non-hydrogen) atoms. The molecule has 116 valence electrons. The average molecular weight is 306 g/mol. The fourth-order valence-corrected chi connectivity index (χ4v) is 1.67. The van der Waals surface area contributed by atoms with E-state index in [1.165, 1.54) is 25.2 Å². The zero-order chi connectivity index (χ0) is 16.6. The van der Waals surface area contributed by atoms with Gasteiger partial charge in [-0.25, -0.2) is 4.79 Å². The minimum absolute atomic E-state index is 0.142. The molecule has 6 nitrogen and oxygen atoms in total. The number of hydrogen-bond acceptors (Lipinski definition) is 3. The molecule has 3 N–H and O–H groups in total. The van der Waals surface area contributed by atoms with E-state index in [4.69, 9.17) is 5.11 Å². The SMILES string of the molecule is Cc1cc(C)c(C(=O)NC(C)(C(=O)O)C(F)(F)F)c(=O)[nH]1. The first kappa shape index (κ1) is 16.7. The highest BCUT2D eigenvalue weighted by Gasteiger charge is 2.58. The van der Waals surface area contributed by atoms with Crippen molar-refractivity contribution in [3.05, 3.63) is 33.2 Å². The molecule has 0 aliphatic rings. The number of nitrogens with one attached hydrogen (secondary N) is 2. The fraction of sp³-hybridized carbons (Fsp3) is 0.417. The third-order valence-electron chi connectivity index (χ3n) is 2.95. The van der Waals surface area contributed by atoms with E-state index in [0.717, 1.165) is 0 Å². The number of aromatic amines is 1. The van der Waals surface area contributed by atoms with E-state index in [-0.39, 0.29) is 5.56 Å². The highest BCUT2D eigenvalue weighted by molar-refractivity contribution is 5.98. The number of carbonyl (C=O) groups is 2. The highest BCUT2D eigenvalue weighted by atomic mass is 19.4. The van der Waals surface area contributed by atoms with Crippen molar-refractivity contribution in [2.75, 3.05) is 0 Å². The molecule has 0 aliphatic carbocycles. The predicted octanol–water partition coefficient (Wildman–Crippen LogP) is 1.13. The second-order valence-corrected chi connectivity index (χ2v) is 4.72. The van der Waals surface area contributed by atoms with Crippen LogP contribution in [0, 0.1) is 13.8 Å². The Morgan fingerprint density at radius 1 is 1.29 bits per heavy atom. The molecule has 1 aromatic rings. The van der Waals surface area contributed by atoms with Crippen molar-refractivity contribution in [2.24, 2.45) is 0 Å². The summed E-state index contributed by atoms with van der Waals surface area (Å²) in [4.78, 5) is 36.6. The number of aryl methyl sites for hydroxylation is 2. The maximum atomic E-state index is 12.8. The maximum Gasteiger partial charge on any atom is 0.422 e. The van der Waals surface area contributed by atoms with Gasteiger partial charge in [-0.05, 0) is 32.4 Å². The molecular weight excluding hydrogens is 293 g/mol. The number of aromatic nitrogens is 1. The van der Waals surface area contributed by atoms with Crippen LogP contribution in [0.4, 0.5) is 13.2 Å². The highest BCUT2D eigenvalue weighted by Crippen LogP contribution is 2.30. The molecule has 0 spiro atoms. The van der Waals surface area contributed by atoms with Crippen LogP contribution in [-0.4, -0.2) is 33.7 Å². The van der Waals surface area contributed by atoms with Gasteiger partial charge in [-0.2, -0.15) is 13.2 Å². The Balaban J connectivity index is 3.28. The summed E-state index contributed by atoms with van der Waals surface area (Å²) in [7, 11) is 0. The van der Waals surface area contributed by atoms with Crippen LogP contribution in [0.2, 0.25) is 0 Å². The first-order chi connectivity index (χ1) is 9.40. The normalized spacial score (nSPS) is 14.4. The van der Waals surface area contributed by atoms with E-state index >= 15 is 0 Å². The predicted molar refractivity (Wildman–Crippen MR) is 66.1 cm³/mol. The summed E-state index contributed by atoms with van der Waals surface area (Å²) < 4.78 is 38.4. The van der Waals surface area contributed by atoms with E-state index < -0.39 is 34.7 Å². The molecule has 0 fully saturated rings. The third kappa shape index (κ3) is 3.06. The Kier molecular flexibility index (Phi) is 4.16. The van der Waals surface area contributed by atoms with Crippen molar-refractivity contribution in [3.63, 3.8) is 0 Å². The van der Waals surface area contributed by atoms with Crippen LogP contribution in [0.15, 0.2) is 10.9 Å².